The van der Waals surface area contributed by atoms with Gasteiger partial charge in [-0.05, 0) is 13.8 Å². The molecule has 0 saturated carbocycles. The number of rotatable bonds is 3. The smallest absolute Gasteiger partial charge is 0.287 e. The van der Waals surface area contributed by atoms with Crippen LogP contribution in [0.1, 0.15) is 13.8 Å². The summed E-state index contributed by atoms with van der Waals surface area (Å²) < 4.78 is 65.4. The zero-order valence-electron chi connectivity index (χ0n) is 12.6. The van der Waals surface area contributed by atoms with Gasteiger partial charge in [0.1, 0.15) is 4.90 Å². The van der Waals surface area contributed by atoms with Crippen LogP contribution in [0.2, 0.25) is 0 Å². The molecule has 126 valence electrons. The van der Waals surface area contributed by atoms with Crippen molar-refractivity contribution in [1.82, 2.24) is 19.0 Å². The predicted octanol–water partition coefficient (Wildman–Crippen LogP) is 1.07. The standard InChI is InChI=1S/C12H19F3N4O2S/c1-9-5-18(6-10(2)19(9)8-12(13,14)15)22(20,21)11-4-16-17(3)7-11/h4,7,9-10H,5-6,8H2,1-3H3/t9-,10+. The Morgan fingerprint density at radius 2 is 1.82 bits per heavy atom. The zero-order valence-corrected chi connectivity index (χ0v) is 13.4. The Bertz CT molecular complexity index is 617. The Morgan fingerprint density at radius 3 is 2.23 bits per heavy atom. The first kappa shape index (κ1) is 17.2. The van der Waals surface area contributed by atoms with Crippen molar-refractivity contribution in [3.63, 3.8) is 0 Å². The normalized spacial score (nSPS) is 25.5. The maximum absolute atomic E-state index is 12.6. The molecule has 1 aromatic heterocycles. The number of alkyl halides is 3. The number of piperazine rings is 1. The molecule has 0 aromatic carbocycles. The van der Waals surface area contributed by atoms with Crippen LogP contribution < -0.4 is 0 Å². The van der Waals surface area contributed by atoms with E-state index in [1.54, 1.807) is 20.9 Å². The van der Waals surface area contributed by atoms with Gasteiger partial charge in [-0.1, -0.05) is 0 Å². The third-order valence-electron chi connectivity index (χ3n) is 3.75. The molecule has 6 nitrogen and oxygen atoms in total. The van der Waals surface area contributed by atoms with Gasteiger partial charge in [0.05, 0.1) is 12.7 Å². The van der Waals surface area contributed by atoms with Gasteiger partial charge in [0.25, 0.3) is 0 Å². The van der Waals surface area contributed by atoms with Crippen LogP contribution in [-0.2, 0) is 17.1 Å². The Hall–Kier alpha value is -1.13. The minimum atomic E-state index is -4.30. The highest BCUT2D eigenvalue weighted by Crippen LogP contribution is 2.26. The second-order valence-corrected chi connectivity index (χ2v) is 7.60. The molecule has 2 heterocycles. The van der Waals surface area contributed by atoms with Crippen LogP contribution in [0.25, 0.3) is 0 Å². The first-order valence-corrected chi connectivity index (χ1v) is 8.26. The van der Waals surface area contributed by atoms with Crippen molar-refractivity contribution in [2.45, 2.75) is 37.0 Å². The lowest BCUT2D eigenvalue weighted by molar-refractivity contribution is -0.159. The number of sulfonamides is 1. The molecule has 0 aliphatic carbocycles. The summed E-state index contributed by atoms with van der Waals surface area (Å²) in [5.74, 6) is 0. The molecule has 0 spiro atoms. The highest BCUT2D eigenvalue weighted by atomic mass is 32.2. The molecule has 1 aliphatic heterocycles. The van der Waals surface area contributed by atoms with Crippen molar-refractivity contribution in [1.29, 1.82) is 0 Å². The fraction of sp³-hybridized carbons (Fsp3) is 0.750. The van der Waals surface area contributed by atoms with Gasteiger partial charge in [-0.2, -0.15) is 22.6 Å². The van der Waals surface area contributed by atoms with Gasteiger partial charge in [-0.3, -0.25) is 9.58 Å². The van der Waals surface area contributed by atoms with Crippen LogP contribution >= 0.6 is 0 Å². The van der Waals surface area contributed by atoms with Crippen molar-refractivity contribution in [2.75, 3.05) is 19.6 Å². The fourth-order valence-electron chi connectivity index (χ4n) is 2.70. The summed E-state index contributed by atoms with van der Waals surface area (Å²) in [4.78, 5) is 1.34. The monoisotopic (exact) mass is 340 g/mol. The van der Waals surface area contributed by atoms with Crippen LogP contribution in [0.5, 0.6) is 0 Å². The summed E-state index contributed by atoms with van der Waals surface area (Å²) in [7, 11) is -2.13. The fourth-order valence-corrected chi connectivity index (χ4v) is 4.29. The van der Waals surface area contributed by atoms with E-state index in [-0.39, 0.29) is 18.0 Å². The topological polar surface area (TPSA) is 58.4 Å². The van der Waals surface area contributed by atoms with E-state index in [0.29, 0.717) is 0 Å². The van der Waals surface area contributed by atoms with Crippen molar-refractivity contribution < 1.29 is 21.6 Å². The van der Waals surface area contributed by atoms with E-state index in [1.807, 2.05) is 0 Å². The van der Waals surface area contributed by atoms with Gasteiger partial charge >= 0.3 is 6.18 Å². The minimum Gasteiger partial charge on any atom is -0.287 e. The Kier molecular flexibility index (Phi) is 4.56. The third kappa shape index (κ3) is 3.61. The maximum atomic E-state index is 12.6. The van der Waals surface area contributed by atoms with E-state index in [4.69, 9.17) is 0 Å². The number of aryl methyl sites for hydroxylation is 1. The lowest BCUT2D eigenvalue weighted by Gasteiger charge is -2.43. The number of halogens is 3. The Balaban J connectivity index is 2.17. The van der Waals surface area contributed by atoms with E-state index in [9.17, 15) is 21.6 Å². The molecule has 2 rings (SSSR count). The van der Waals surface area contributed by atoms with Gasteiger partial charge in [-0.25, -0.2) is 8.42 Å². The zero-order chi connectivity index (χ0) is 16.7. The Labute approximate surface area is 127 Å². The van der Waals surface area contributed by atoms with E-state index >= 15 is 0 Å². The second-order valence-electron chi connectivity index (χ2n) is 5.66. The average Bonchev–Trinajstić information content (AvgIpc) is 2.80. The molecule has 0 radical (unpaired) electrons. The van der Waals surface area contributed by atoms with Crippen molar-refractivity contribution in [2.24, 2.45) is 7.05 Å². The predicted molar refractivity (Wildman–Crippen MR) is 73.7 cm³/mol. The quantitative estimate of drug-likeness (QED) is 0.826. The molecule has 1 fully saturated rings. The number of hydrogen-bond acceptors (Lipinski definition) is 4. The van der Waals surface area contributed by atoms with Crippen molar-refractivity contribution in [3.05, 3.63) is 12.4 Å². The van der Waals surface area contributed by atoms with Crippen molar-refractivity contribution >= 4 is 10.0 Å². The number of hydrogen-bond donors (Lipinski definition) is 0. The molecule has 0 amide bonds. The number of nitrogens with zero attached hydrogens (tertiary/aromatic N) is 4. The molecule has 1 saturated heterocycles. The summed E-state index contributed by atoms with van der Waals surface area (Å²) in [5, 5.41) is 3.83. The molecule has 2 atom stereocenters. The Morgan fingerprint density at radius 1 is 1.27 bits per heavy atom. The molecular weight excluding hydrogens is 321 g/mol. The first-order valence-electron chi connectivity index (χ1n) is 6.82. The third-order valence-corrected chi connectivity index (χ3v) is 5.53. The molecule has 0 unspecified atom stereocenters. The molecule has 1 aromatic rings. The molecule has 0 N–H and O–H groups in total. The second kappa shape index (κ2) is 5.82. The van der Waals surface area contributed by atoms with Gasteiger partial charge in [0, 0.05) is 38.4 Å². The van der Waals surface area contributed by atoms with Crippen LogP contribution in [0.4, 0.5) is 13.2 Å². The van der Waals surface area contributed by atoms with Crippen LogP contribution in [0.3, 0.4) is 0 Å². The summed E-state index contributed by atoms with van der Waals surface area (Å²) in [6.07, 6.45) is -1.67. The van der Waals surface area contributed by atoms with E-state index in [1.165, 1.54) is 26.3 Å². The highest BCUT2D eigenvalue weighted by Gasteiger charge is 2.41. The SMILES string of the molecule is C[C@@H]1CN(S(=O)(=O)c2cnn(C)c2)C[C@H](C)N1CC(F)(F)F. The van der Waals surface area contributed by atoms with Gasteiger partial charge < -0.3 is 0 Å². The largest absolute Gasteiger partial charge is 0.401 e. The van der Waals surface area contributed by atoms with Crippen LogP contribution in [0, 0.1) is 0 Å². The summed E-state index contributed by atoms with van der Waals surface area (Å²) >= 11 is 0. The van der Waals surface area contributed by atoms with Gasteiger partial charge in [0.2, 0.25) is 10.0 Å². The molecule has 1 aliphatic rings. The maximum Gasteiger partial charge on any atom is 0.401 e. The van der Waals surface area contributed by atoms with E-state index in [2.05, 4.69) is 5.10 Å². The van der Waals surface area contributed by atoms with Gasteiger partial charge in [-0.15, -0.1) is 0 Å². The summed E-state index contributed by atoms with van der Waals surface area (Å²) in [6, 6.07) is -1.03. The average molecular weight is 340 g/mol. The number of aromatic nitrogens is 2. The van der Waals surface area contributed by atoms with Crippen LogP contribution in [-0.4, -0.2) is 65.3 Å². The minimum absolute atomic E-state index is 0.0254. The summed E-state index contributed by atoms with van der Waals surface area (Å²) in [5.41, 5.74) is 0. The van der Waals surface area contributed by atoms with Crippen molar-refractivity contribution in [3.8, 4) is 0 Å². The molecule has 0 bridgehead atoms. The van der Waals surface area contributed by atoms with E-state index in [0.717, 1.165) is 0 Å². The first-order chi connectivity index (χ1) is 10.0. The lowest BCUT2D eigenvalue weighted by atomic mass is 10.1. The van der Waals surface area contributed by atoms with Crippen LogP contribution in [0.15, 0.2) is 17.3 Å². The molecular formula is C12H19F3N4O2S. The molecule has 22 heavy (non-hydrogen) atoms. The highest BCUT2D eigenvalue weighted by molar-refractivity contribution is 7.89. The molecule has 10 heteroatoms. The van der Waals surface area contributed by atoms with E-state index < -0.39 is 34.8 Å². The van der Waals surface area contributed by atoms with Gasteiger partial charge in [0.15, 0.2) is 0 Å². The summed E-state index contributed by atoms with van der Waals surface area (Å²) in [6.45, 7) is 2.23. The lowest BCUT2D eigenvalue weighted by Crippen LogP contribution is -2.59.